The van der Waals surface area contributed by atoms with Crippen molar-refractivity contribution in [3.8, 4) is 5.75 Å². The number of methoxy groups -OCH3 is 1. The standard InChI is InChI=1S/C29H22ClNO4/c1-17-6-5-9-20(14-17)26-25(27(32)21-11-10-18-7-3-4-8-19(18)15-21)28(33)29(34)31(26)22-12-13-24(35-2)23(30)16-22/h3-16,26,32H,1-2H3/b27-25-. The number of carbonyl (C=O) groups excluding carboxylic acids is 2. The molecule has 174 valence electrons. The van der Waals surface area contributed by atoms with Crippen LogP contribution in [0.4, 0.5) is 5.69 Å². The van der Waals surface area contributed by atoms with Gasteiger partial charge in [0, 0.05) is 11.3 Å². The van der Waals surface area contributed by atoms with Gasteiger partial charge in [0.25, 0.3) is 11.7 Å². The fourth-order valence-corrected chi connectivity index (χ4v) is 4.80. The Hall–Kier alpha value is -4.09. The van der Waals surface area contributed by atoms with Gasteiger partial charge >= 0.3 is 0 Å². The highest BCUT2D eigenvalue weighted by Gasteiger charge is 2.47. The van der Waals surface area contributed by atoms with E-state index in [9.17, 15) is 14.7 Å². The van der Waals surface area contributed by atoms with Gasteiger partial charge in [0.05, 0.1) is 23.7 Å². The average Bonchev–Trinajstić information content (AvgIpc) is 3.13. The van der Waals surface area contributed by atoms with Crippen LogP contribution in [0.1, 0.15) is 22.7 Å². The number of fused-ring (bicyclic) bond motifs is 1. The van der Waals surface area contributed by atoms with Crippen molar-refractivity contribution in [2.24, 2.45) is 0 Å². The third-order valence-corrected chi connectivity index (χ3v) is 6.53. The number of ether oxygens (including phenoxy) is 1. The molecule has 0 aromatic heterocycles. The van der Waals surface area contributed by atoms with Crippen LogP contribution >= 0.6 is 11.6 Å². The number of rotatable bonds is 4. The summed E-state index contributed by atoms with van der Waals surface area (Å²) in [6.45, 7) is 1.93. The molecule has 0 aliphatic carbocycles. The molecule has 5 rings (SSSR count). The third-order valence-electron chi connectivity index (χ3n) is 6.24. The first-order valence-electron chi connectivity index (χ1n) is 11.1. The number of amides is 1. The van der Waals surface area contributed by atoms with Crippen molar-refractivity contribution in [3.63, 3.8) is 0 Å². The minimum Gasteiger partial charge on any atom is -0.507 e. The Morgan fingerprint density at radius 1 is 0.914 bits per heavy atom. The largest absolute Gasteiger partial charge is 0.507 e. The lowest BCUT2D eigenvalue weighted by Crippen LogP contribution is -2.29. The van der Waals surface area contributed by atoms with Crippen molar-refractivity contribution < 1.29 is 19.4 Å². The van der Waals surface area contributed by atoms with Gasteiger partial charge in [-0.25, -0.2) is 0 Å². The molecule has 0 radical (unpaired) electrons. The summed E-state index contributed by atoms with van der Waals surface area (Å²) >= 11 is 6.35. The minimum atomic E-state index is -0.828. The molecule has 4 aromatic carbocycles. The van der Waals surface area contributed by atoms with Gasteiger partial charge in [0.15, 0.2) is 0 Å². The zero-order chi connectivity index (χ0) is 24.7. The van der Waals surface area contributed by atoms with Gasteiger partial charge in [-0.15, -0.1) is 0 Å². The number of hydrogen-bond donors (Lipinski definition) is 1. The molecule has 6 heteroatoms. The number of ketones is 1. The second-order valence-electron chi connectivity index (χ2n) is 8.46. The van der Waals surface area contributed by atoms with Gasteiger partial charge < -0.3 is 9.84 Å². The first kappa shape index (κ1) is 22.7. The first-order chi connectivity index (χ1) is 16.9. The van der Waals surface area contributed by atoms with Gasteiger partial charge in [-0.05, 0) is 47.5 Å². The van der Waals surface area contributed by atoms with E-state index < -0.39 is 17.7 Å². The van der Waals surface area contributed by atoms with E-state index in [1.807, 2.05) is 67.6 Å². The number of carbonyl (C=O) groups is 2. The minimum absolute atomic E-state index is 0.0304. The van der Waals surface area contributed by atoms with Gasteiger partial charge in [0.2, 0.25) is 0 Å². The molecule has 1 saturated heterocycles. The Morgan fingerprint density at radius 3 is 2.40 bits per heavy atom. The lowest BCUT2D eigenvalue weighted by molar-refractivity contribution is -0.132. The van der Waals surface area contributed by atoms with E-state index in [2.05, 4.69) is 0 Å². The van der Waals surface area contributed by atoms with Crippen LogP contribution < -0.4 is 9.64 Å². The van der Waals surface area contributed by atoms with Gasteiger partial charge in [-0.1, -0.05) is 77.8 Å². The van der Waals surface area contributed by atoms with Gasteiger partial charge in [-0.2, -0.15) is 0 Å². The monoisotopic (exact) mass is 483 g/mol. The van der Waals surface area contributed by atoms with Crippen molar-refractivity contribution in [1.29, 1.82) is 0 Å². The number of aryl methyl sites for hydroxylation is 1. The van der Waals surface area contributed by atoms with Crippen molar-refractivity contribution in [2.75, 3.05) is 12.0 Å². The lowest BCUT2D eigenvalue weighted by atomic mass is 9.93. The van der Waals surface area contributed by atoms with Crippen molar-refractivity contribution in [3.05, 3.63) is 112 Å². The molecule has 35 heavy (non-hydrogen) atoms. The van der Waals surface area contributed by atoms with Crippen LogP contribution in [-0.2, 0) is 9.59 Å². The van der Waals surface area contributed by atoms with E-state index in [-0.39, 0.29) is 11.3 Å². The highest BCUT2D eigenvalue weighted by Crippen LogP contribution is 2.43. The molecule has 1 amide bonds. The highest BCUT2D eigenvalue weighted by atomic mass is 35.5. The maximum absolute atomic E-state index is 13.4. The van der Waals surface area contributed by atoms with E-state index in [0.717, 1.165) is 16.3 Å². The zero-order valence-corrected chi connectivity index (χ0v) is 19.9. The third kappa shape index (κ3) is 3.94. The van der Waals surface area contributed by atoms with E-state index in [4.69, 9.17) is 16.3 Å². The van der Waals surface area contributed by atoms with E-state index in [1.165, 1.54) is 12.0 Å². The van der Waals surface area contributed by atoms with E-state index in [0.29, 0.717) is 27.6 Å². The zero-order valence-electron chi connectivity index (χ0n) is 19.2. The number of benzene rings is 4. The highest BCUT2D eigenvalue weighted by molar-refractivity contribution is 6.52. The Balaban J connectivity index is 1.73. The van der Waals surface area contributed by atoms with E-state index in [1.54, 1.807) is 24.3 Å². The predicted octanol–water partition coefficient (Wildman–Crippen LogP) is 6.44. The molecule has 0 bridgehead atoms. The quantitative estimate of drug-likeness (QED) is 0.206. The molecule has 1 N–H and O–H groups in total. The second-order valence-corrected chi connectivity index (χ2v) is 8.87. The number of aliphatic hydroxyl groups excluding tert-OH is 1. The smallest absolute Gasteiger partial charge is 0.300 e. The maximum atomic E-state index is 13.4. The van der Waals surface area contributed by atoms with Crippen molar-refractivity contribution >= 4 is 45.5 Å². The van der Waals surface area contributed by atoms with E-state index >= 15 is 0 Å². The van der Waals surface area contributed by atoms with Crippen LogP contribution in [-0.4, -0.2) is 23.9 Å². The normalized spacial score (nSPS) is 17.2. The summed E-state index contributed by atoms with van der Waals surface area (Å²) in [6.07, 6.45) is 0. The second kappa shape index (κ2) is 8.93. The lowest BCUT2D eigenvalue weighted by Gasteiger charge is -2.26. The van der Waals surface area contributed by atoms with Crippen LogP contribution in [0.3, 0.4) is 0 Å². The molecule has 4 aromatic rings. The summed E-state index contributed by atoms with van der Waals surface area (Å²) in [5, 5.41) is 13.6. The number of aliphatic hydroxyl groups is 1. The molecule has 1 aliphatic heterocycles. The number of Topliss-reactive ketones (excluding diaryl/α,β-unsaturated/α-hetero) is 1. The Bertz CT molecular complexity index is 1520. The van der Waals surface area contributed by atoms with Crippen LogP contribution in [0.5, 0.6) is 5.75 Å². The molecule has 1 aliphatic rings. The summed E-state index contributed by atoms with van der Waals surface area (Å²) in [6, 6.07) is 24.8. The van der Waals surface area contributed by atoms with Crippen LogP contribution in [0.25, 0.3) is 16.5 Å². The topological polar surface area (TPSA) is 66.8 Å². The van der Waals surface area contributed by atoms with Crippen LogP contribution in [0.2, 0.25) is 5.02 Å². The molecule has 1 heterocycles. The number of anilines is 1. The molecule has 0 saturated carbocycles. The molecule has 0 spiro atoms. The summed E-state index contributed by atoms with van der Waals surface area (Å²) in [5.41, 5.74) is 2.60. The molecule has 1 fully saturated rings. The van der Waals surface area contributed by atoms with Crippen molar-refractivity contribution in [2.45, 2.75) is 13.0 Å². The fourth-order valence-electron chi connectivity index (χ4n) is 4.55. The summed E-state index contributed by atoms with van der Waals surface area (Å²) in [4.78, 5) is 28.1. The van der Waals surface area contributed by atoms with Crippen LogP contribution in [0.15, 0.2) is 90.5 Å². The Kier molecular flexibility index (Phi) is 5.79. The molecule has 1 atom stereocenters. The predicted molar refractivity (Wildman–Crippen MR) is 138 cm³/mol. The maximum Gasteiger partial charge on any atom is 0.300 e. The average molecular weight is 484 g/mol. The molecule has 5 nitrogen and oxygen atoms in total. The summed E-state index contributed by atoms with van der Waals surface area (Å²) < 4.78 is 5.24. The molecular formula is C29H22ClNO4. The Labute approximate surface area is 207 Å². The summed E-state index contributed by atoms with van der Waals surface area (Å²) in [7, 11) is 1.50. The SMILES string of the molecule is COc1ccc(N2C(=O)C(=O)/C(=C(\O)c3ccc4ccccc4c3)C2c2cccc(C)c2)cc1Cl. The Morgan fingerprint density at radius 2 is 1.69 bits per heavy atom. The van der Waals surface area contributed by atoms with Gasteiger partial charge in [0.1, 0.15) is 11.5 Å². The number of hydrogen-bond acceptors (Lipinski definition) is 4. The van der Waals surface area contributed by atoms with Crippen molar-refractivity contribution in [1.82, 2.24) is 0 Å². The first-order valence-corrected chi connectivity index (χ1v) is 11.5. The fraction of sp³-hybridized carbons (Fsp3) is 0.103. The number of halogens is 1. The van der Waals surface area contributed by atoms with Gasteiger partial charge in [-0.3, -0.25) is 14.5 Å². The number of nitrogens with zero attached hydrogens (tertiary/aromatic N) is 1. The van der Waals surface area contributed by atoms with Crippen LogP contribution in [0, 0.1) is 6.92 Å². The molecule has 1 unspecified atom stereocenters. The molecular weight excluding hydrogens is 462 g/mol. The summed E-state index contributed by atoms with van der Waals surface area (Å²) in [5.74, 6) is -1.26.